The first-order valence-corrected chi connectivity index (χ1v) is 9.85. The van der Waals surface area contributed by atoms with Crippen molar-refractivity contribution in [3.8, 4) is 11.5 Å². The standard InChI is InChI=1S/C17H24BrNO2S/c1-4-22-10-11-7-19(2)8-14-13-5-12(20-3)6-16(18)17(13)21-9-15(11)14/h5-6,11,14-15H,4,7-10H2,1-3H3/t11-,14+,15-/m1/s1. The van der Waals surface area contributed by atoms with E-state index in [2.05, 4.69) is 40.9 Å². The maximum absolute atomic E-state index is 6.14. The average Bonchev–Trinajstić information content (AvgIpc) is 2.52. The van der Waals surface area contributed by atoms with Crippen LogP contribution in [0.3, 0.4) is 0 Å². The van der Waals surface area contributed by atoms with Gasteiger partial charge in [-0.1, -0.05) is 6.92 Å². The molecule has 0 bridgehead atoms. The van der Waals surface area contributed by atoms with Crippen LogP contribution in [0.15, 0.2) is 16.6 Å². The molecule has 22 heavy (non-hydrogen) atoms. The number of rotatable bonds is 4. The Morgan fingerprint density at radius 1 is 1.41 bits per heavy atom. The molecule has 1 aromatic rings. The van der Waals surface area contributed by atoms with Crippen molar-refractivity contribution in [3.05, 3.63) is 22.2 Å². The third-order valence-corrected chi connectivity index (χ3v) is 6.48. The fourth-order valence-electron chi connectivity index (χ4n) is 3.75. The van der Waals surface area contributed by atoms with E-state index >= 15 is 0 Å². The summed E-state index contributed by atoms with van der Waals surface area (Å²) in [5, 5.41) is 0. The minimum absolute atomic E-state index is 0.538. The van der Waals surface area contributed by atoms with E-state index in [-0.39, 0.29) is 0 Å². The number of thioether (sulfide) groups is 1. The molecule has 3 atom stereocenters. The maximum atomic E-state index is 6.14. The van der Waals surface area contributed by atoms with Crippen molar-refractivity contribution >= 4 is 27.7 Å². The largest absolute Gasteiger partial charge is 0.497 e. The topological polar surface area (TPSA) is 21.7 Å². The Hall–Kier alpha value is -0.390. The molecule has 0 unspecified atom stereocenters. The molecule has 0 saturated carbocycles. The molecule has 0 aromatic heterocycles. The summed E-state index contributed by atoms with van der Waals surface area (Å²) in [6, 6.07) is 4.16. The number of likely N-dealkylation sites (tertiary alicyclic amines) is 1. The summed E-state index contributed by atoms with van der Waals surface area (Å²) in [6.45, 7) is 5.36. The zero-order chi connectivity index (χ0) is 15.7. The Labute approximate surface area is 145 Å². The van der Waals surface area contributed by atoms with Crippen LogP contribution in [-0.2, 0) is 0 Å². The second-order valence-corrected chi connectivity index (χ2v) is 8.42. The van der Waals surface area contributed by atoms with Crippen LogP contribution in [0.1, 0.15) is 18.4 Å². The van der Waals surface area contributed by atoms with Crippen LogP contribution in [0, 0.1) is 11.8 Å². The van der Waals surface area contributed by atoms with E-state index in [4.69, 9.17) is 9.47 Å². The molecule has 3 rings (SSSR count). The second-order valence-electron chi connectivity index (χ2n) is 6.25. The predicted octanol–water partition coefficient (Wildman–Crippen LogP) is 3.86. The highest BCUT2D eigenvalue weighted by Crippen LogP contribution is 2.48. The molecule has 0 radical (unpaired) electrons. The number of halogens is 1. The molecule has 3 nitrogen and oxygen atoms in total. The summed E-state index contributed by atoms with van der Waals surface area (Å²) in [7, 11) is 3.97. The predicted molar refractivity (Wildman–Crippen MR) is 96.4 cm³/mol. The Morgan fingerprint density at radius 3 is 2.95 bits per heavy atom. The van der Waals surface area contributed by atoms with Gasteiger partial charge in [-0.2, -0.15) is 11.8 Å². The van der Waals surface area contributed by atoms with Crippen LogP contribution in [0.5, 0.6) is 11.5 Å². The third-order valence-electron chi connectivity index (χ3n) is 4.81. The Balaban J connectivity index is 1.93. The van der Waals surface area contributed by atoms with Gasteiger partial charge in [0.2, 0.25) is 0 Å². The van der Waals surface area contributed by atoms with Crippen LogP contribution in [0.4, 0.5) is 0 Å². The molecule has 2 aliphatic rings. The highest BCUT2D eigenvalue weighted by Gasteiger charge is 2.41. The lowest BCUT2D eigenvalue weighted by atomic mass is 9.74. The summed E-state index contributed by atoms with van der Waals surface area (Å²) in [6.07, 6.45) is 0. The minimum atomic E-state index is 0.538. The van der Waals surface area contributed by atoms with Crippen molar-refractivity contribution in [1.82, 2.24) is 4.90 Å². The number of nitrogens with zero attached hydrogens (tertiary/aromatic N) is 1. The van der Waals surface area contributed by atoms with Crippen molar-refractivity contribution < 1.29 is 9.47 Å². The van der Waals surface area contributed by atoms with Crippen LogP contribution >= 0.6 is 27.7 Å². The SMILES string of the molecule is CCSC[C@H]1CN(C)C[C@H]2c3cc(OC)cc(Br)c3OC[C@H]12. The van der Waals surface area contributed by atoms with Crippen LogP contribution < -0.4 is 9.47 Å². The van der Waals surface area contributed by atoms with E-state index in [1.165, 1.54) is 23.6 Å². The minimum Gasteiger partial charge on any atom is -0.497 e. The summed E-state index contributed by atoms with van der Waals surface area (Å²) in [4.78, 5) is 2.48. The van der Waals surface area contributed by atoms with Gasteiger partial charge in [0.15, 0.2) is 0 Å². The fourth-order valence-corrected chi connectivity index (χ4v) is 5.21. The maximum Gasteiger partial charge on any atom is 0.137 e. The van der Waals surface area contributed by atoms with Crippen molar-refractivity contribution in [2.24, 2.45) is 11.8 Å². The lowest BCUT2D eigenvalue weighted by Gasteiger charge is -2.45. The zero-order valence-electron chi connectivity index (χ0n) is 13.5. The normalized spacial score (nSPS) is 27.7. The Bertz CT molecular complexity index is 540. The molecule has 0 N–H and O–H groups in total. The molecule has 0 aliphatic carbocycles. The molecule has 1 aromatic carbocycles. The number of ether oxygens (including phenoxy) is 2. The first-order chi connectivity index (χ1) is 10.6. The van der Waals surface area contributed by atoms with E-state index in [0.717, 1.165) is 29.1 Å². The lowest BCUT2D eigenvalue weighted by molar-refractivity contribution is 0.0698. The van der Waals surface area contributed by atoms with Crippen LogP contribution in [-0.4, -0.2) is 50.3 Å². The summed E-state index contributed by atoms with van der Waals surface area (Å²) >= 11 is 5.69. The van der Waals surface area contributed by atoms with E-state index < -0.39 is 0 Å². The summed E-state index contributed by atoms with van der Waals surface area (Å²) < 4.78 is 12.6. The van der Waals surface area contributed by atoms with Crippen LogP contribution in [0.25, 0.3) is 0 Å². The average molecular weight is 386 g/mol. The number of piperidine rings is 1. The highest BCUT2D eigenvalue weighted by atomic mass is 79.9. The Kier molecular flexibility index (Phi) is 5.25. The van der Waals surface area contributed by atoms with E-state index in [0.29, 0.717) is 17.8 Å². The smallest absolute Gasteiger partial charge is 0.137 e. The number of methoxy groups -OCH3 is 1. The molecule has 0 spiro atoms. The number of benzene rings is 1. The number of hydrogen-bond acceptors (Lipinski definition) is 4. The van der Waals surface area contributed by atoms with E-state index in [1.807, 2.05) is 17.8 Å². The first-order valence-electron chi connectivity index (χ1n) is 7.90. The molecule has 5 heteroatoms. The zero-order valence-corrected chi connectivity index (χ0v) is 15.9. The van der Waals surface area contributed by atoms with Gasteiger partial charge in [0, 0.05) is 30.5 Å². The van der Waals surface area contributed by atoms with Gasteiger partial charge in [0.05, 0.1) is 18.2 Å². The number of hydrogen-bond donors (Lipinski definition) is 0. The molecule has 122 valence electrons. The van der Waals surface area contributed by atoms with Crippen molar-refractivity contribution in [3.63, 3.8) is 0 Å². The highest BCUT2D eigenvalue weighted by molar-refractivity contribution is 9.10. The monoisotopic (exact) mass is 385 g/mol. The summed E-state index contributed by atoms with van der Waals surface area (Å²) in [5.74, 6) is 6.19. The molecule has 1 fully saturated rings. The van der Waals surface area contributed by atoms with Gasteiger partial charge in [-0.05, 0) is 52.5 Å². The molecular formula is C17H24BrNO2S. The van der Waals surface area contributed by atoms with Crippen molar-refractivity contribution in [1.29, 1.82) is 0 Å². The molecular weight excluding hydrogens is 362 g/mol. The molecule has 2 heterocycles. The summed E-state index contributed by atoms with van der Waals surface area (Å²) in [5.41, 5.74) is 1.31. The fraction of sp³-hybridized carbons (Fsp3) is 0.647. The van der Waals surface area contributed by atoms with Gasteiger partial charge in [-0.3, -0.25) is 0 Å². The molecule has 1 saturated heterocycles. The van der Waals surface area contributed by atoms with Gasteiger partial charge in [0.25, 0.3) is 0 Å². The Morgan fingerprint density at radius 2 is 2.23 bits per heavy atom. The van der Waals surface area contributed by atoms with Gasteiger partial charge in [0.1, 0.15) is 11.5 Å². The van der Waals surface area contributed by atoms with Gasteiger partial charge < -0.3 is 14.4 Å². The lowest BCUT2D eigenvalue weighted by Crippen LogP contribution is -2.48. The quantitative estimate of drug-likeness (QED) is 0.783. The van der Waals surface area contributed by atoms with Gasteiger partial charge in [-0.25, -0.2) is 0 Å². The second kappa shape index (κ2) is 7.02. The molecule has 0 amide bonds. The van der Waals surface area contributed by atoms with Gasteiger partial charge in [-0.15, -0.1) is 0 Å². The number of likely N-dealkylation sites (N-methyl/N-ethyl adjacent to an activating group) is 1. The molecule has 2 aliphatic heterocycles. The third kappa shape index (κ3) is 3.13. The van der Waals surface area contributed by atoms with Crippen molar-refractivity contribution in [2.45, 2.75) is 12.8 Å². The van der Waals surface area contributed by atoms with Crippen molar-refractivity contribution in [2.75, 3.05) is 45.4 Å². The van der Waals surface area contributed by atoms with E-state index in [1.54, 1.807) is 7.11 Å². The van der Waals surface area contributed by atoms with Gasteiger partial charge >= 0.3 is 0 Å². The van der Waals surface area contributed by atoms with E-state index in [9.17, 15) is 0 Å². The number of fused-ring (bicyclic) bond motifs is 3. The first kappa shape index (κ1) is 16.5. The van der Waals surface area contributed by atoms with Crippen LogP contribution in [0.2, 0.25) is 0 Å².